The maximum atomic E-state index is 12.1. The Morgan fingerprint density at radius 3 is 2.35 bits per heavy atom. The molecule has 2 amide bonds. The first-order chi connectivity index (χ1) is 8.09. The Hall–Kier alpha value is -1.10. The van der Waals surface area contributed by atoms with Crippen LogP contribution in [0.5, 0.6) is 0 Å². The number of hydrogen-bond acceptors (Lipinski definition) is 3. The summed E-state index contributed by atoms with van der Waals surface area (Å²) in [5.41, 5.74) is 5.27. The Morgan fingerprint density at radius 1 is 1.29 bits per heavy atom. The molecule has 1 aliphatic heterocycles. The van der Waals surface area contributed by atoms with Gasteiger partial charge in [-0.1, -0.05) is 0 Å². The lowest BCUT2D eigenvalue weighted by Crippen LogP contribution is -2.44. The van der Waals surface area contributed by atoms with Crippen LogP contribution in [0, 0.1) is 5.41 Å². The molecule has 0 aromatic carbocycles. The molecule has 0 atom stereocenters. The number of nitrogens with zero attached hydrogens (tertiary/aromatic N) is 2. The maximum Gasteiger partial charge on any atom is 0.242 e. The Bertz CT molecular complexity index is 320. The molecule has 1 heterocycles. The second-order valence-corrected chi connectivity index (χ2v) is 5.23. The Kier molecular flexibility index (Phi) is 3.38. The smallest absolute Gasteiger partial charge is 0.242 e. The van der Waals surface area contributed by atoms with Crippen LogP contribution in [-0.2, 0) is 9.59 Å². The van der Waals surface area contributed by atoms with E-state index in [4.69, 9.17) is 5.73 Å². The SMILES string of the molecule is CN(CC(=O)N1CCCC1)C(=O)C1(CN)CC1. The summed E-state index contributed by atoms with van der Waals surface area (Å²) in [6.45, 7) is 2.26. The Labute approximate surface area is 102 Å². The van der Waals surface area contributed by atoms with Crippen LogP contribution in [0.3, 0.4) is 0 Å². The zero-order chi connectivity index (χ0) is 12.5. The van der Waals surface area contributed by atoms with Crippen molar-refractivity contribution in [3.63, 3.8) is 0 Å². The average molecular weight is 239 g/mol. The van der Waals surface area contributed by atoms with Gasteiger partial charge in [-0.25, -0.2) is 0 Å². The van der Waals surface area contributed by atoms with E-state index in [1.54, 1.807) is 11.9 Å². The molecule has 96 valence electrons. The number of carbonyl (C=O) groups is 2. The van der Waals surface area contributed by atoms with Gasteiger partial charge in [0.25, 0.3) is 0 Å². The van der Waals surface area contributed by atoms with Crippen LogP contribution < -0.4 is 5.73 Å². The lowest BCUT2D eigenvalue weighted by atomic mass is 10.1. The highest BCUT2D eigenvalue weighted by Crippen LogP contribution is 2.45. The number of amides is 2. The summed E-state index contributed by atoms with van der Waals surface area (Å²) in [5, 5.41) is 0. The van der Waals surface area contributed by atoms with Gasteiger partial charge in [0.05, 0.1) is 12.0 Å². The zero-order valence-corrected chi connectivity index (χ0v) is 10.4. The van der Waals surface area contributed by atoms with Gasteiger partial charge in [0.15, 0.2) is 0 Å². The molecule has 1 saturated heterocycles. The van der Waals surface area contributed by atoms with Gasteiger partial charge < -0.3 is 15.5 Å². The van der Waals surface area contributed by atoms with Crippen molar-refractivity contribution < 1.29 is 9.59 Å². The molecule has 1 saturated carbocycles. The van der Waals surface area contributed by atoms with Gasteiger partial charge in [0.2, 0.25) is 11.8 Å². The summed E-state index contributed by atoms with van der Waals surface area (Å²) in [4.78, 5) is 27.4. The number of carbonyl (C=O) groups excluding carboxylic acids is 2. The fourth-order valence-electron chi connectivity index (χ4n) is 2.40. The van der Waals surface area contributed by atoms with Crippen molar-refractivity contribution in [2.24, 2.45) is 11.1 Å². The molecule has 5 heteroatoms. The number of rotatable bonds is 4. The molecule has 0 bridgehead atoms. The van der Waals surface area contributed by atoms with Gasteiger partial charge in [-0.2, -0.15) is 0 Å². The van der Waals surface area contributed by atoms with Gasteiger partial charge in [-0.05, 0) is 25.7 Å². The van der Waals surface area contributed by atoms with E-state index in [0.29, 0.717) is 6.54 Å². The molecular weight excluding hydrogens is 218 g/mol. The number of likely N-dealkylation sites (tertiary alicyclic amines) is 1. The standard InChI is InChI=1S/C12H21N3O2/c1-14(11(17)12(9-13)4-5-12)8-10(16)15-6-2-3-7-15/h2-9,13H2,1H3. The van der Waals surface area contributed by atoms with Gasteiger partial charge in [-0.3, -0.25) is 9.59 Å². The average Bonchev–Trinajstić information content (AvgIpc) is 2.93. The number of likely N-dealkylation sites (N-methyl/N-ethyl adjacent to an activating group) is 1. The summed E-state index contributed by atoms with van der Waals surface area (Å²) >= 11 is 0. The van der Waals surface area contributed by atoms with Crippen molar-refractivity contribution >= 4 is 11.8 Å². The lowest BCUT2D eigenvalue weighted by Gasteiger charge is -2.24. The zero-order valence-electron chi connectivity index (χ0n) is 10.4. The molecule has 17 heavy (non-hydrogen) atoms. The quantitative estimate of drug-likeness (QED) is 0.739. The Balaban J connectivity index is 1.86. The monoisotopic (exact) mass is 239 g/mol. The maximum absolute atomic E-state index is 12.1. The van der Waals surface area contributed by atoms with Gasteiger partial charge in [0, 0.05) is 26.7 Å². The van der Waals surface area contributed by atoms with E-state index in [1.807, 2.05) is 4.90 Å². The van der Waals surface area contributed by atoms with Crippen molar-refractivity contribution in [1.82, 2.24) is 9.80 Å². The van der Waals surface area contributed by atoms with E-state index < -0.39 is 0 Å². The highest BCUT2D eigenvalue weighted by Gasteiger charge is 2.50. The first-order valence-electron chi connectivity index (χ1n) is 6.32. The molecule has 0 unspecified atom stereocenters. The minimum Gasteiger partial charge on any atom is -0.341 e. The van der Waals surface area contributed by atoms with Crippen molar-refractivity contribution in [3.05, 3.63) is 0 Å². The topological polar surface area (TPSA) is 66.6 Å². The van der Waals surface area contributed by atoms with Crippen LogP contribution in [0.2, 0.25) is 0 Å². The summed E-state index contributed by atoms with van der Waals surface area (Å²) in [5.74, 6) is 0.0960. The van der Waals surface area contributed by atoms with Gasteiger partial charge >= 0.3 is 0 Å². The first-order valence-corrected chi connectivity index (χ1v) is 6.32. The third-order valence-corrected chi connectivity index (χ3v) is 3.88. The number of hydrogen-bond donors (Lipinski definition) is 1. The van der Waals surface area contributed by atoms with Crippen LogP contribution in [0.25, 0.3) is 0 Å². The van der Waals surface area contributed by atoms with E-state index in [0.717, 1.165) is 38.8 Å². The first kappa shape index (κ1) is 12.4. The van der Waals surface area contributed by atoms with E-state index in [1.165, 1.54) is 0 Å². The molecule has 0 spiro atoms. The third kappa shape index (κ3) is 2.44. The van der Waals surface area contributed by atoms with Crippen molar-refractivity contribution in [3.8, 4) is 0 Å². The summed E-state index contributed by atoms with van der Waals surface area (Å²) in [6, 6.07) is 0. The molecule has 2 fully saturated rings. The normalized spacial score (nSPS) is 21.4. The largest absolute Gasteiger partial charge is 0.341 e. The molecular formula is C12H21N3O2. The van der Waals surface area contributed by atoms with Crippen LogP contribution in [0.15, 0.2) is 0 Å². The van der Waals surface area contributed by atoms with Gasteiger partial charge in [0.1, 0.15) is 0 Å². The third-order valence-electron chi connectivity index (χ3n) is 3.88. The number of nitrogens with two attached hydrogens (primary N) is 1. The van der Waals surface area contributed by atoms with E-state index in [-0.39, 0.29) is 23.8 Å². The minimum absolute atomic E-state index is 0.0348. The fraction of sp³-hybridized carbons (Fsp3) is 0.833. The van der Waals surface area contributed by atoms with Crippen LogP contribution in [0.4, 0.5) is 0 Å². The minimum atomic E-state index is -0.347. The molecule has 0 aromatic heterocycles. The predicted octanol–water partition coefficient (Wildman–Crippen LogP) is -0.194. The highest BCUT2D eigenvalue weighted by atomic mass is 16.2. The second-order valence-electron chi connectivity index (χ2n) is 5.23. The highest BCUT2D eigenvalue weighted by molar-refractivity contribution is 5.89. The van der Waals surface area contributed by atoms with Crippen LogP contribution in [-0.4, -0.2) is 54.8 Å². The van der Waals surface area contributed by atoms with Gasteiger partial charge in [-0.15, -0.1) is 0 Å². The lowest BCUT2D eigenvalue weighted by molar-refractivity contribution is -0.141. The molecule has 0 radical (unpaired) electrons. The van der Waals surface area contributed by atoms with E-state index in [9.17, 15) is 9.59 Å². The predicted molar refractivity (Wildman–Crippen MR) is 64.2 cm³/mol. The van der Waals surface area contributed by atoms with E-state index in [2.05, 4.69) is 0 Å². The summed E-state index contributed by atoms with van der Waals surface area (Å²) in [7, 11) is 1.70. The molecule has 2 N–H and O–H groups in total. The molecule has 0 aromatic rings. The fourth-order valence-corrected chi connectivity index (χ4v) is 2.40. The summed E-state index contributed by atoms with van der Waals surface area (Å²) in [6.07, 6.45) is 3.89. The molecule has 1 aliphatic carbocycles. The van der Waals surface area contributed by atoms with E-state index >= 15 is 0 Å². The van der Waals surface area contributed by atoms with Crippen molar-refractivity contribution in [2.45, 2.75) is 25.7 Å². The van der Waals surface area contributed by atoms with Crippen molar-refractivity contribution in [2.75, 3.05) is 33.2 Å². The van der Waals surface area contributed by atoms with Crippen LogP contribution >= 0.6 is 0 Å². The van der Waals surface area contributed by atoms with Crippen molar-refractivity contribution in [1.29, 1.82) is 0 Å². The molecule has 5 nitrogen and oxygen atoms in total. The van der Waals surface area contributed by atoms with Crippen LogP contribution in [0.1, 0.15) is 25.7 Å². The Morgan fingerprint density at radius 2 is 1.88 bits per heavy atom. The molecule has 2 rings (SSSR count). The summed E-state index contributed by atoms with van der Waals surface area (Å²) < 4.78 is 0. The second kappa shape index (κ2) is 4.64. The molecule has 2 aliphatic rings.